The Morgan fingerprint density at radius 2 is 2.09 bits per heavy atom. The van der Waals surface area contributed by atoms with Crippen LogP contribution in [-0.2, 0) is 0 Å². The fourth-order valence-corrected chi connectivity index (χ4v) is 2.53. The number of amidine groups is 1. The number of nitrogens with zero attached hydrogens (tertiary/aromatic N) is 2. The first-order valence-corrected chi connectivity index (χ1v) is 7.44. The molecule has 6 heteroatoms. The van der Waals surface area contributed by atoms with E-state index in [0.717, 1.165) is 30.1 Å². The number of ether oxygens (including phenoxy) is 1. The van der Waals surface area contributed by atoms with Crippen molar-refractivity contribution < 1.29 is 9.66 Å². The Hall–Kier alpha value is -2.89. The van der Waals surface area contributed by atoms with Crippen LogP contribution in [0.15, 0.2) is 53.5 Å². The van der Waals surface area contributed by atoms with Crippen molar-refractivity contribution in [1.82, 2.24) is 5.32 Å². The first kappa shape index (κ1) is 15.0. The average Bonchev–Trinajstić information content (AvgIpc) is 3.10. The molecule has 1 atom stereocenters. The van der Waals surface area contributed by atoms with Gasteiger partial charge in [-0.1, -0.05) is 30.3 Å². The summed E-state index contributed by atoms with van der Waals surface area (Å²) in [6, 6.07) is 14.1. The van der Waals surface area contributed by atoms with E-state index in [0.29, 0.717) is 5.75 Å². The summed E-state index contributed by atoms with van der Waals surface area (Å²) in [5.41, 5.74) is 1.64. The van der Waals surface area contributed by atoms with Crippen molar-refractivity contribution in [3.8, 4) is 16.9 Å². The van der Waals surface area contributed by atoms with E-state index in [1.807, 2.05) is 37.3 Å². The maximum Gasteiger partial charge on any atom is 0.270 e. The highest BCUT2D eigenvalue weighted by Gasteiger charge is 2.18. The quantitative estimate of drug-likeness (QED) is 0.680. The van der Waals surface area contributed by atoms with Gasteiger partial charge in [-0.2, -0.15) is 0 Å². The largest absolute Gasteiger partial charge is 0.482 e. The summed E-state index contributed by atoms with van der Waals surface area (Å²) in [4.78, 5) is 14.9. The van der Waals surface area contributed by atoms with Crippen LogP contribution in [0.3, 0.4) is 0 Å². The predicted octanol–water partition coefficient (Wildman–Crippen LogP) is 3.03. The van der Waals surface area contributed by atoms with Crippen LogP contribution in [0.1, 0.15) is 6.92 Å². The first-order chi connectivity index (χ1) is 11.1. The number of rotatable bonds is 5. The number of nitrogens with one attached hydrogen (secondary N) is 1. The van der Waals surface area contributed by atoms with Crippen LogP contribution in [0, 0.1) is 10.1 Å². The molecule has 0 amide bonds. The van der Waals surface area contributed by atoms with Crippen LogP contribution < -0.4 is 10.1 Å². The lowest BCUT2D eigenvalue weighted by Crippen LogP contribution is -2.33. The highest BCUT2D eigenvalue weighted by molar-refractivity contribution is 5.88. The molecule has 1 N–H and O–H groups in total. The van der Waals surface area contributed by atoms with Gasteiger partial charge in [0.2, 0.25) is 0 Å². The summed E-state index contributed by atoms with van der Waals surface area (Å²) < 4.78 is 6.02. The van der Waals surface area contributed by atoms with Crippen molar-refractivity contribution >= 4 is 11.5 Å². The number of nitro groups is 1. The van der Waals surface area contributed by atoms with Crippen LogP contribution in [0.5, 0.6) is 5.75 Å². The van der Waals surface area contributed by atoms with Crippen molar-refractivity contribution in [3.63, 3.8) is 0 Å². The van der Waals surface area contributed by atoms with Gasteiger partial charge >= 0.3 is 0 Å². The van der Waals surface area contributed by atoms with Gasteiger partial charge in [0.1, 0.15) is 11.6 Å². The third kappa shape index (κ3) is 3.31. The van der Waals surface area contributed by atoms with Crippen LogP contribution in [0.4, 0.5) is 5.69 Å². The van der Waals surface area contributed by atoms with E-state index in [1.165, 1.54) is 6.07 Å². The summed E-state index contributed by atoms with van der Waals surface area (Å²) in [5.74, 6) is 1.51. The van der Waals surface area contributed by atoms with E-state index >= 15 is 0 Å². The van der Waals surface area contributed by atoms with Gasteiger partial charge < -0.3 is 10.1 Å². The summed E-state index contributed by atoms with van der Waals surface area (Å²) in [5, 5.41) is 14.2. The standard InChI is InChI=1S/C17H17N3O3/c1-12(17-18-9-10-19-17)23-16-8-3-2-7-15(16)13-5-4-6-14(11-13)20(21)22/h2-8,11-12H,9-10H2,1H3,(H,18,19)/t12-/m0/s1. The number of para-hydroxylation sites is 1. The minimum Gasteiger partial charge on any atom is -0.482 e. The minimum atomic E-state index is -0.396. The molecule has 1 aliphatic rings. The van der Waals surface area contributed by atoms with E-state index in [-0.39, 0.29) is 11.8 Å². The second kappa shape index (κ2) is 6.48. The fraction of sp³-hybridized carbons (Fsp3) is 0.235. The lowest BCUT2D eigenvalue weighted by molar-refractivity contribution is -0.384. The van der Waals surface area contributed by atoms with E-state index in [9.17, 15) is 10.1 Å². The Morgan fingerprint density at radius 3 is 2.83 bits per heavy atom. The number of aliphatic imine (C=N–C) groups is 1. The van der Waals surface area contributed by atoms with Crippen molar-refractivity contribution in [2.24, 2.45) is 4.99 Å². The van der Waals surface area contributed by atoms with Crippen molar-refractivity contribution in [2.75, 3.05) is 13.1 Å². The highest BCUT2D eigenvalue weighted by atomic mass is 16.6. The number of benzene rings is 2. The topological polar surface area (TPSA) is 76.8 Å². The van der Waals surface area contributed by atoms with Gasteiger partial charge in [-0.3, -0.25) is 15.1 Å². The Morgan fingerprint density at radius 1 is 1.26 bits per heavy atom. The Balaban J connectivity index is 1.91. The molecule has 23 heavy (non-hydrogen) atoms. The van der Waals surface area contributed by atoms with E-state index in [2.05, 4.69) is 10.3 Å². The van der Waals surface area contributed by atoms with E-state index in [4.69, 9.17) is 4.74 Å². The number of non-ortho nitro benzene ring substituents is 1. The summed E-state index contributed by atoms with van der Waals surface area (Å²) in [7, 11) is 0. The maximum absolute atomic E-state index is 11.0. The Kier molecular flexibility index (Phi) is 4.23. The number of nitro benzene ring substituents is 1. The summed E-state index contributed by atoms with van der Waals surface area (Å²) >= 11 is 0. The number of hydrogen-bond acceptors (Lipinski definition) is 5. The third-order valence-electron chi connectivity index (χ3n) is 3.64. The van der Waals surface area contributed by atoms with Gasteiger partial charge in [-0.05, 0) is 18.6 Å². The van der Waals surface area contributed by atoms with E-state index < -0.39 is 4.92 Å². The molecule has 0 aliphatic carbocycles. The molecule has 0 aromatic heterocycles. The second-order valence-electron chi connectivity index (χ2n) is 5.26. The molecule has 118 valence electrons. The highest BCUT2D eigenvalue weighted by Crippen LogP contribution is 2.32. The molecular weight excluding hydrogens is 294 g/mol. The summed E-state index contributed by atoms with van der Waals surface area (Å²) in [6.07, 6.45) is -0.197. The molecule has 0 saturated carbocycles. The zero-order chi connectivity index (χ0) is 16.2. The minimum absolute atomic E-state index is 0.0622. The molecule has 0 unspecified atom stereocenters. The smallest absolute Gasteiger partial charge is 0.270 e. The van der Waals surface area contributed by atoms with Crippen molar-refractivity contribution in [1.29, 1.82) is 0 Å². The molecule has 0 spiro atoms. The molecule has 2 aromatic carbocycles. The predicted molar refractivity (Wildman–Crippen MR) is 88.9 cm³/mol. The molecule has 6 nitrogen and oxygen atoms in total. The van der Waals surface area contributed by atoms with Gasteiger partial charge in [0.15, 0.2) is 6.10 Å². The molecule has 1 heterocycles. The van der Waals surface area contributed by atoms with Crippen LogP contribution in [-0.4, -0.2) is 30.0 Å². The van der Waals surface area contributed by atoms with E-state index in [1.54, 1.807) is 12.1 Å². The second-order valence-corrected chi connectivity index (χ2v) is 5.26. The number of hydrogen-bond donors (Lipinski definition) is 1. The molecule has 0 radical (unpaired) electrons. The van der Waals surface area contributed by atoms with Gasteiger partial charge in [0.05, 0.1) is 11.5 Å². The first-order valence-electron chi connectivity index (χ1n) is 7.44. The van der Waals surface area contributed by atoms with Gasteiger partial charge in [0, 0.05) is 24.2 Å². The molecule has 0 saturated heterocycles. The lowest BCUT2D eigenvalue weighted by Gasteiger charge is -2.18. The van der Waals surface area contributed by atoms with Crippen LogP contribution in [0.25, 0.3) is 11.1 Å². The monoisotopic (exact) mass is 311 g/mol. The molecule has 1 aliphatic heterocycles. The molecule has 2 aromatic rings. The van der Waals surface area contributed by atoms with Crippen LogP contribution >= 0.6 is 0 Å². The lowest BCUT2D eigenvalue weighted by atomic mass is 10.0. The third-order valence-corrected chi connectivity index (χ3v) is 3.64. The van der Waals surface area contributed by atoms with Gasteiger partial charge in [-0.25, -0.2) is 0 Å². The Labute approximate surface area is 134 Å². The molecule has 3 rings (SSSR count). The fourth-order valence-electron chi connectivity index (χ4n) is 2.53. The molecule has 0 bridgehead atoms. The zero-order valence-corrected chi connectivity index (χ0v) is 12.7. The average molecular weight is 311 g/mol. The van der Waals surface area contributed by atoms with Gasteiger partial charge in [0.25, 0.3) is 5.69 Å². The SMILES string of the molecule is C[C@H](Oc1ccccc1-c1cccc([N+](=O)[O-])c1)C1=NCCN1. The van der Waals surface area contributed by atoms with Crippen molar-refractivity contribution in [3.05, 3.63) is 58.6 Å². The molecule has 0 fully saturated rings. The molecular formula is C17H17N3O3. The normalized spacial score (nSPS) is 14.7. The van der Waals surface area contributed by atoms with Crippen molar-refractivity contribution in [2.45, 2.75) is 13.0 Å². The maximum atomic E-state index is 11.0. The van der Waals surface area contributed by atoms with Crippen LogP contribution in [0.2, 0.25) is 0 Å². The van der Waals surface area contributed by atoms with Gasteiger partial charge in [-0.15, -0.1) is 0 Å². The zero-order valence-electron chi connectivity index (χ0n) is 12.7. The summed E-state index contributed by atoms with van der Waals surface area (Å²) in [6.45, 7) is 3.52. The Bertz CT molecular complexity index is 758.